The molecule has 104 valence electrons. The first-order valence-corrected chi connectivity index (χ1v) is 7.42. The summed E-state index contributed by atoms with van der Waals surface area (Å²) < 4.78 is 0. The van der Waals surface area contributed by atoms with E-state index in [1.54, 1.807) is 5.54 Å². The lowest BCUT2D eigenvalue weighted by atomic mass is 9.90. The molecule has 0 aromatic heterocycles. The lowest BCUT2D eigenvalue weighted by Gasteiger charge is -2.47. The summed E-state index contributed by atoms with van der Waals surface area (Å²) in [6.07, 6.45) is 3.17. The third-order valence-electron chi connectivity index (χ3n) is 4.27. The van der Waals surface area contributed by atoms with Gasteiger partial charge < -0.3 is 5.32 Å². The highest BCUT2D eigenvalue weighted by molar-refractivity contribution is 6.25. The van der Waals surface area contributed by atoms with Crippen LogP contribution in [0.1, 0.15) is 31.9 Å². The van der Waals surface area contributed by atoms with Gasteiger partial charge in [0.2, 0.25) is 0 Å². The average Bonchev–Trinajstić information content (AvgIpc) is 2.47. The largest absolute Gasteiger partial charge is 0.307 e. The van der Waals surface area contributed by atoms with Crippen molar-refractivity contribution in [3.05, 3.63) is 47.5 Å². The molecule has 1 aliphatic heterocycles. The van der Waals surface area contributed by atoms with Gasteiger partial charge in [-0.3, -0.25) is 4.90 Å². The van der Waals surface area contributed by atoms with Crippen LogP contribution >= 0.6 is 11.6 Å². The lowest BCUT2D eigenvalue weighted by Crippen LogP contribution is -2.60. The Hall–Kier alpha value is -0.830. The Kier molecular flexibility index (Phi) is 5.03. The Morgan fingerprint density at radius 3 is 2.79 bits per heavy atom. The maximum absolute atomic E-state index is 5.69. The number of nitrogens with zero attached hydrogens (tertiary/aromatic N) is 1. The van der Waals surface area contributed by atoms with E-state index in [0.29, 0.717) is 6.04 Å². The molecule has 1 heterocycles. The second-order valence-electron chi connectivity index (χ2n) is 5.46. The van der Waals surface area contributed by atoms with E-state index in [0.717, 1.165) is 26.1 Å². The molecule has 0 saturated carbocycles. The number of halogens is 1. The molecule has 0 bridgehead atoms. The van der Waals surface area contributed by atoms with Gasteiger partial charge in [0.05, 0.1) is 0 Å². The first-order valence-electron chi connectivity index (χ1n) is 6.98. The smallest absolute Gasteiger partial charge is 0.0450 e. The summed E-state index contributed by atoms with van der Waals surface area (Å²) in [5.74, 6) is 0. The summed E-state index contributed by atoms with van der Waals surface area (Å²) in [6.45, 7) is 7.53. The Bertz CT molecular complexity index is 418. The molecule has 2 atom stereocenters. The van der Waals surface area contributed by atoms with Crippen LogP contribution in [0.15, 0.2) is 41.9 Å². The molecule has 1 saturated heterocycles. The molecule has 1 aromatic rings. The minimum atomic E-state index is 0.210. The Labute approximate surface area is 121 Å². The van der Waals surface area contributed by atoms with Crippen LogP contribution in [-0.4, -0.2) is 30.1 Å². The van der Waals surface area contributed by atoms with Gasteiger partial charge >= 0.3 is 0 Å². The van der Waals surface area contributed by atoms with Gasteiger partial charge in [-0.05, 0) is 18.9 Å². The third kappa shape index (κ3) is 3.38. The van der Waals surface area contributed by atoms with E-state index in [4.69, 9.17) is 11.6 Å². The number of hydrogen-bond acceptors (Lipinski definition) is 2. The van der Waals surface area contributed by atoms with Crippen LogP contribution in [0.4, 0.5) is 0 Å². The summed E-state index contributed by atoms with van der Waals surface area (Å²) in [4.78, 5) is 2.53. The van der Waals surface area contributed by atoms with Gasteiger partial charge in [-0.15, -0.1) is 0 Å². The molecule has 2 rings (SSSR count). The lowest BCUT2D eigenvalue weighted by molar-refractivity contribution is 0.0603. The minimum Gasteiger partial charge on any atom is -0.307 e. The molecule has 1 fully saturated rings. The van der Waals surface area contributed by atoms with E-state index in [2.05, 4.69) is 54.4 Å². The summed E-state index contributed by atoms with van der Waals surface area (Å²) in [5, 5.41) is 3.68. The van der Waals surface area contributed by atoms with Crippen molar-refractivity contribution in [3.63, 3.8) is 0 Å². The molecule has 1 aliphatic rings. The second kappa shape index (κ2) is 6.56. The van der Waals surface area contributed by atoms with Gasteiger partial charge in [0, 0.05) is 36.8 Å². The Balaban J connectivity index is 2.12. The predicted octanol–water partition coefficient (Wildman–Crippen LogP) is 3.55. The van der Waals surface area contributed by atoms with Crippen LogP contribution in [0.3, 0.4) is 0 Å². The Morgan fingerprint density at radius 1 is 1.42 bits per heavy atom. The van der Waals surface area contributed by atoms with Crippen molar-refractivity contribution in [1.82, 2.24) is 10.2 Å². The highest BCUT2D eigenvalue weighted by atomic mass is 35.5. The molecule has 0 amide bonds. The number of nitrogens with one attached hydrogen (secondary N) is 1. The van der Waals surface area contributed by atoms with Gasteiger partial charge in [0.25, 0.3) is 0 Å². The SMILES string of the molecule is CCC1(C)CNC(c2ccccc2)CN1C/C=C/Cl. The van der Waals surface area contributed by atoms with Crippen LogP contribution in [0, 0.1) is 0 Å². The molecule has 2 unspecified atom stereocenters. The van der Waals surface area contributed by atoms with E-state index in [1.165, 1.54) is 5.56 Å². The van der Waals surface area contributed by atoms with Crippen molar-refractivity contribution in [2.24, 2.45) is 0 Å². The highest BCUT2D eigenvalue weighted by Crippen LogP contribution is 2.28. The molecule has 1 aromatic carbocycles. The second-order valence-corrected chi connectivity index (χ2v) is 5.71. The van der Waals surface area contributed by atoms with Gasteiger partial charge in [-0.2, -0.15) is 0 Å². The number of hydrogen-bond donors (Lipinski definition) is 1. The topological polar surface area (TPSA) is 15.3 Å². The van der Waals surface area contributed by atoms with Gasteiger partial charge in [-0.1, -0.05) is 54.9 Å². The van der Waals surface area contributed by atoms with E-state index >= 15 is 0 Å². The van der Waals surface area contributed by atoms with Crippen molar-refractivity contribution in [3.8, 4) is 0 Å². The van der Waals surface area contributed by atoms with E-state index < -0.39 is 0 Å². The van der Waals surface area contributed by atoms with Crippen LogP contribution in [0.5, 0.6) is 0 Å². The van der Waals surface area contributed by atoms with Crippen molar-refractivity contribution >= 4 is 11.6 Å². The van der Waals surface area contributed by atoms with Crippen LogP contribution < -0.4 is 5.32 Å². The fraction of sp³-hybridized carbons (Fsp3) is 0.500. The summed E-state index contributed by atoms with van der Waals surface area (Å²) in [6, 6.07) is 11.1. The molecule has 0 radical (unpaired) electrons. The van der Waals surface area contributed by atoms with E-state index in [-0.39, 0.29) is 5.54 Å². The maximum atomic E-state index is 5.69. The first kappa shape index (κ1) is 14.6. The number of piperazine rings is 1. The molecule has 1 N–H and O–H groups in total. The predicted molar refractivity (Wildman–Crippen MR) is 82.4 cm³/mol. The standard InChI is InChI=1S/C16H23ClN2/c1-3-16(2)13-18-15(12-19(16)11-7-10-17)14-8-5-4-6-9-14/h4-10,15,18H,3,11-13H2,1-2H3/b10-7+. The molecule has 0 spiro atoms. The van der Waals surface area contributed by atoms with E-state index in [1.807, 2.05) is 6.08 Å². The first-order chi connectivity index (χ1) is 9.19. The maximum Gasteiger partial charge on any atom is 0.0450 e. The van der Waals surface area contributed by atoms with Crippen LogP contribution in [-0.2, 0) is 0 Å². The average molecular weight is 279 g/mol. The zero-order chi connectivity index (χ0) is 13.7. The van der Waals surface area contributed by atoms with Crippen LogP contribution in [0.25, 0.3) is 0 Å². The fourth-order valence-corrected chi connectivity index (χ4v) is 2.76. The molecule has 19 heavy (non-hydrogen) atoms. The fourth-order valence-electron chi connectivity index (χ4n) is 2.68. The summed E-state index contributed by atoms with van der Waals surface area (Å²) in [5.41, 5.74) is 3.19. The normalized spacial score (nSPS) is 28.9. The zero-order valence-electron chi connectivity index (χ0n) is 11.8. The summed E-state index contributed by atoms with van der Waals surface area (Å²) in [7, 11) is 0. The number of benzene rings is 1. The molecule has 2 nitrogen and oxygen atoms in total. The zero-order valence-corrected chi connectivity index (χ0v) is 12.5. The molecular formula is C16H23ClN2. The van der Waals surface area contributed by atoms with Gasteiger partial charge in [-0.25, -0.2) is 0 Å². The quantitative estimate of drug-likeness (QED) is 0.906. The number of rotatable bonds is 4. The van der Waals surface area contributed by atoms with Crippen molar-refractivity contribution in [2.45, 2.75) is 31.8 Å². The minimum absolute atomic E-state index is 0.210. The van der Waals surface area contributed by atoms with Crippen molar-refractivity contribution in [1.29, 1.82) is 0 Å². The van der Waals surface area contributed by atoms with Gasteiger partial charge in [0.1, 0.15) is 0 Å². The molecule has 0 aliphatic carbocycles. The molecular weight excluding hydrogens is 256 g/mol. The molecule has 3 heteroatoms. The monoisotopic (exact) mass is 278 g/mol. The van der Waals surface area contributed by atoms with Crippen molar-refractivity contribution in [2.75, 3.05) is 19.6 Å². The van der Waals surface area contributed by atoms with Gasteiger partial charge in [0.15, 0.2) is 0 Å². The Morgan fingerprint density at radius 2 is 2.16 bits per heavy atom. The third-order valence-corrected chi connectivity index (χ3v) is 4.45. The van der Waals surface area contributed by atoms with E-state index in [9.17, 15) is 0 Å². The van der Waals surface area contributed by atoms with Crippen molar-refractivity contribution < 1.29 is 0 Å². The highest BCUT2D eigenvalue weighted by Gasteiger charge is 2.35. The summed E-state index contributed by atoms with van der Waals surface area (Å²) >= 11 is 5.69. The van der Waals surface area contributed by atoms with Crippen LogP contribution in [0.2, 0.25) is 0 Å².